The first-order chi connectivity index (χ1) is 8.11. The van der Waals surface area contributed by atoms with Crippen LogP contribution in [-0.4, -0.2) is 31.8 Å². The van der Waals surface area contributed by atoms with Crippen LogP contribution in [0, 0.1) is 0 Å². The Morgan fingerprint density at radius 3 is 2.76 bits per heavy atom. The van der Waals surface area contributed by atoms with Crippen molar-refractivity contribution in [3.8, 4) is 5.75 Å². The molecule has 0 radical (unpaired) electrons. The van der Waals surface area contributed by atoms with Gasteiger partial charge >= 0.3 is 0 Å². The zero-order valence-corrected chi connectivity index (χ0v) is 10.7. The Morgan fingerprint density at radius 1 is 1.35 bits per heavy atom. The number of phenols is 1. The van der Waals surface area contributed by atoms with Gasteiger partial charge in [-0.05, 0) is 12.5 Å². The summed E-state index contributed by atoms with van der Waals surface area (Å²) in [4.78, 5) is 1.92. The molecule has 0 fully saturated rings. The van der Waals surface area contributed by atoms with Gasteiger partial charge in [0.2, 0.25) is 0 Å². The quantitative estimate of drug-likeness (QED) is 0.704. The fourth-order valence-corrected chi connectivity index (χ4v) is 2.23. The van der Waals surface area contributed by atoms with Crippen molar-refractivity contribution in [3.63, 3.8) is 0 Å². The number of nitrogens with one attached hydrogen (secondary N) is 2. The van der Waals surface area contributed by atoms with Crippen LogP contribution in [0.15, 0.2) is 12.1 Å². The average Bonchev–Trinajstić information content (AvgIpc) is 2.28. The van der Waals surface area contributed by atoms with Gasteiger partial charge in [0.1, 0.15) is 5.75 Å². The van der Waals surface area contributed by atoms with Gasteiger partial charge in [0, 0.05) is 32.7 Å². The normalized spacial score (nSPS) is 17.9. The molecule has 1 atom stereocenters. The third-order valence-corrected chi connectivity index (χ3v) is 3.13. The maximum absolute atomic E-state index is 9.90. The average molecular weight is 235 g/mol. The summed E-state index contributed by atoms with van der Waals surface area (Å²) in [5.74, 6) is 0.317. The van der Waals surface area contributed by atoms with Crippen molar-refractivity contribution in [1.82, 2.24) is 0 Å². The Kier molecular flexibility index (Phi) is 3.31. The van der Waals surface area contributed by atoms with Gasteiger partial charge < -0.3 is 20.6 Å². The Labute approximate surface area is 103 Å². The van der Waals surface area contributed by atoms with Crippen LogP contribution in [0.3, 0.4) is 0 Å². The van der Waals surface area contributed by atoms with Crippen molar-refractivity contribution < 1.29 is 5.11 Å². The molecule has 3 N–H and O–H groups in total. The molecule has 4 heteroatoms. The second-order valence-corrected chi connectivity index (χ2v) is 4.79. The molecular formula is C13H21N3O. The van der Waals surface area contributed by atoms with Crippen LogP contribution in [0.1, 0.15) is 19.8 Å². The van der Waals surface area contributed by atoms with Crippen molar-refractivity contribution >= 4 is 17.1 Å². The Balaban J connectivity index is 2.27. The molecule has 0 bridgehead atoms. The molecule has 1 aromatic carbocycles. The highest BCUT2D eigenvalue weighted by Crippen LogP contribution is 2.37. The molecule has 0 spiro atoms. The van der Waals surface area contributed by atoms with Crippen LogP contribution in [0.25, 0.3) is 0 Å². The lowest BCUT2D eigenvalue weighted by molar-refractivity contribution is 0.475. The van der Waals surface area contributed by atoms with Crippen molar-refractivity contribution in [3.05, 3.63) is 12.1 Å². The molecule has 1 heterocycles. The second-order valence-electron chi connectivity index (χ2n) is 4.79. The van der Waals surface area contributed by atoms with Crippen LogP contribution in [0.4, 0.5) is 17.1 Å². The molecule has 0 aliphatic carbocycles. The number of phenolic OH excluding ortho intramolecular Hbond substituents is 1. The van der Waals surface area contributed by atoms with Gasteiger partial charge in [0.25, 0.3) is 0 Å². The summed E-state index contributed by atoms with van der Waals surface area (Å²) < 4.78 is 0. The summed E-state index contributed by atoms with van der Waals surface area (Å²) >= 11 is 0. The number of rotatable bonds is 3. The van der Waals surface area contributed by atoms with E-state index in [9.17, 15) is 5.11 Å². The number of benzene rings is 1. The molecular weight excluding hydrogens is 214 g/mol. The van der Waals surface area contributed by atoms with E-state index in [-0.39, 0.29) is 0 Å². The van der Waals surface area contributed by atoms with Gasteiger partial charge in [-0.15, -0.1) is 0 Å². The summed E-state index contributed by atoms with van der Waals surface area (Å²) in [5, 5.41) is 16.8. The van der Waals surface area contributed by atoms with Gasteiger partial charge in [0.15, 0.2) is 0 Å². The van der Waals surface area contributed by atoms with Gasteiger partial charge in [-0.1, -0.05) is 13.3 Å². The molecule has 0 aromatic heterocycles. The molecule has 1 aliphatic rings. The molecule has 0 amide bonds. The minimum atomic E-state index is 0.317. The predicted octanol–water partition coefficient (Wildman–Crippen LogP) is 2.46. The molecule has 94 valence electrons. The Bertz CT molecular complexity index is 404. The lowest BCUT2D eigenvalue weighted by Crippen LogP contribution is -2.32. The molecule has 1 aromatic rings. The van der Waals surface area contributed by atoms with E-state index in [1.807, 2.05) is 25.1 Å². The smallest absolute Gasteiger partial charge is 0.141 e. The zero-order valence-electron chi connectivity index (χ0n) is 10.7. The van der Waals surface area contributed by atoms with Gasteiger partial charge in [-0.3, -0.25) is 0 Å². The first-order valence-corrected chi connectivity index (χ1v) is 6.16. The molecule has 0 saturated heterocycles. The minimum absolute atomic E-state index is 0.317. The first-order valence-electron chi connectivity index (χ1n) is 6.16. The summed E-state index contributed by atoms with van der Waals surface area (Å²) in [7, 11) is 3.86. The van der Waals surface area contributed by atoms with E-state index in [2.05, 4.69) is 17.6 Å². The van der Waals surface area contributed by atoms with E-state index in [0.717, 1.165) is 30.0 Å². The van der Waals surface area contributed by atoms with Crippen LogP contribution in [-0.2, 0) is 0 Å². The van der Waals surface area contributed by atoms with Crippen LogP contribution in [0.5, 0.6) is 5.75 Å². The van der Waals surface area contributed by atoms with Crippen molar-refractivity contribution in [1.29, 1.82) is 0 Å². The number of hydrogen-bond donors (Lipinski definition) is 3. The molecule has 1 unspecified atom stereocenters. The standard InChI is InChI=1S/C13H21N3O/c1-4-5-9-8-14-10-7-13(17)12(16(2)3)6-11(10)15-9/h6-7,9,14-15,17H,4-5,8H2,1-3H3. The highest BCUT2D eigenvalue weighted by molar-refractivity contribution is 5.80. The van der Waals surface area contributed by atoms with Gasteiger partial charge in [-0.2, -0.15) is 0 Å². The summed E-state index contributed by atoms with van der Waals surface area (Å²) in [6.07, 6.45) is 2.33. The maximum Gasteiger partial charge on any atom is 0.141 e. The lowest BCUT2D eigenvalue weighted by Gasteiger charge is -2.29. The molecule has 4 nitrogen and oxygen atoms in total. The summed E-state index contributed by atoms with van der Waals surface area (Å²) in [6, 6.07) is 4.27. The largest absolute Gasteiger partial charge is 0.506 e. The van der Waals surface area contributed by atoms with E-state index in [0.29, 0.717) is 11.8 Å². The van der Waals surface area contributed by atoms with Gasteiger partial charge in [-0.25, -0.2) is 0 Å². The van der Waals surface area contributed by atoms with Crippen molar-refractivity contribution in [2.45, 2.75) is 25.8 Å². The first kappa shape index (κ1) is 11.9. The predicted molar refractivity (Wildman–Crippen MR) is 73.2 cm³/mol. The zero-order chi connectivity index (χ0) is 12.4. The van der Waals surface area contributed by atoms with E-state index >= 15 is 0 Å². The van der Waals surface area contributed by atoms with E-state index in [1.54, 1.807) is 6.07 Å². The van der Waals surface area contributed by atoms with Crippen LogP contribution in [0.2, 0.25) is 0 Å². The number of anilines is 3. The number of nitrogens with zero attached hydrogens (tertiary/aromatic N) is 1. The third-order valence-electron chi connectivity index (χ3n) is 3.13. The molecule has 0 saturated carbocycles. The fraction of sp³-hybridized carbons (Fsp3) is 0.538. The van der Waals surface area contributed by atoms with E-state index in [4.69, 9.17) is 0 Å². The Morgan fingerprint density at radius 2 is 2.12 bits per heavy atom. The van der Waals surface area contributed by atoms with Gasteiger partial charge in [0.05, 0.1) is 17.1 Å². The maximum atomic E-state index is 9.90. The summed E-state index contributed by atoms with van der Waals surface area (Å²) in [6.45, 7) is 3.11. The summed E-state index contributed by atoms with van der Waals surface area (Å²) in [5.41, 5.74) is 2.91. The van der Waals surface area contributed by atoms with E-state index in [1.165, 1.54) is 6.42 Å². The molecule has 17 heavy (non-hydrogen) atoms. The number of hydrogen-bond acceptors (Lipinski definition) is 4. The van der Waals surface area contributed by atoms with E-state index < -0.39 is 0 Å². The molecule has 2 rings (SSSR count). The minimum Gasteiger partial charge on any atom is -0.506 e. The SMILES string of the molecule is CCCC1CNc2cc(O)c(N(C)C)cc2N1. The van der Waals surface area contributed by atoms with Crippen LogP contribution >= 0.6 is 0 Å². The second kappa shape index (κ2) is 4.73. The lowest BCUT2D eigenvalue weighted by atomic mass is 10.1. The third kappa shape index (κ3) is 2.40. The Hall–Kier alpha value is -1.58. The highest BCUT2D eigenvalue weighted by Gasteiger charge is 2.18. The molecule has 1 aliphatic heterocycles. The van der Waals surface area contributed by atoms with Crippen LogP contribution < -0.4 is 15.5 Å². The number of fused-ring (bicyclic) bond motifs is 1. The monoisotopic (exact) mass is 235 g/mol. The highest BCUT2D eigenvalue weighted by atomic mass is 16.3. The fourth-order valence-electron chi connectivity index (χ4n) is 2.23. The van der Waals surface area contributed by atoms with Crippen molar-refractivity contribution in [2.24, 2.45) is 0 Å². The van der Waals surface area contributed by atoms with Crippen molar-refractivity contribution in [2.75, 3.05) is 36.2 Å². The number of aromatic hydroxyl groups is 1. The topological polar surface area (TPSA) is 47.5 Å².